The first-order valence-corrected chi connectivity index (χ1v) is 4.83. The summed E-state index contributed by atoms with van der Waals surface area (Å²) in [6.07, 6.45) is -0.750. The Kier molecular flexibility index (Phi) is 4.28. The molecule has 1 rings (SSSR count). The van der Waals surface area contributed by atoms with E-state index in [1.54, 1.807) is 18.2 Å². The van der Waals surface area contributed by atoms with E-state index in [1.807, 2.05) is 24.1 Å². The lowest BCUT2D eigenvalue weighted by atomic mass is 10.1. The van der Waals surface area contributed by atoms with E-state index in [2.05, 4.69) is 6.58 Å². The van der Waals surface area contributed by atoms with Gasteiger partial charge in [-0.15, -0.1) is 6.58 Å². The topological polar surface area (TPSA) is 3.24 Å². The van der Waals surface area contributed by atoms with Crippen LogP contribution in [0.2, 0.25) is 0 Å². The van der Waals surface area contributed by atoms with Crippen LogP contribution in [0.3, 0.4) is 0 Å². The van der Waals surface area contributed by atoms with Crippen LogP contribution >= 0.6 is 0 Å². The van der Waals surface area contributed by atoms with Crippen LogP contribution in [-0.4, -0.2) is 20.0 Å². The van der Waals surface area contributed by atoms with Crippen molar-refractivity contribution in [1.82, 2.24) is 0 Å². The van der Waals surface area contributed by atoms with Gasteiger partial charge >= 0.3 is 0 Å². The van der Waals surface area contributed by atoms with Crippen molar-refractivity contribution in [2.75, 3.05) is 18.5 Å². The summed E-state index contributed by atoms with van der Waals surface area (Å²) >= 11 is 0. The van der Waals surface area contributed by atoms with Gasteiger partial charge in [0.25, 0.3) is 0 Å². The normalized spacial score (nSPS) is 10.4. The Morgan fingerprint density at radius 1 is 1.40 bits per heavy atom. The molecule has 1 aromatic carbocycles. The standard InChI is InChI=1S/C12H15F2N/c1-3-8-15(2)11-7-5-4-6-10(11)9-12(13)14/h3-7,12H,1,8-9H2,2H3. The second kappa shape index (κ2) is 5.49. The fourth-order valence-corrected chi connectivity index (χ4v) is 1.51. The van der Waals surface area contributed by atoms with E-state index in [0.717, 1.165) is 5.69 Å². The quantitative estimate of drug-likeness (QED) is 0.676. The van der Waals surface area contributed by atoms with E-state index in [4.69, 9.17) is 0 Å². The predicted molar refractivity (Wildman–Crippen MR) is 59.6 cm³/mol. The molecule has 0 bridgehead atoms. The van der Waals surface area contributed by atoms with Gasteiger partial charge in [0.1, 0.15) is 0 Å². The van der Waals surface area contributed by atoms with Gasteiger partial charge in [0.15, 0.2) is 0 Å². The van der Waals surface area contributed by atoms with Gasteiger partial charge in [-0.1, -0.05) is 24.3 Å². The molecule has 0 aliphatic carbocycles. The number of halogens is 2. The molecule has 15 heavy (non-hydrogen) atoms. The number of hydrogen-bond acceptors (Lipinski definition) is 1. The van der Waals surface area contributed by atoms with Crippen molar-refractivity contribution in [1.29, 1.82) is 0 Å². The summed E-state index contributed by atoms with van der Waals surface area (Å²) < 4.78 is 24.6. The molecule has 0 aliphatic rings. The van der Waals surface area contributed by atoms with Crippen LogP contribution in [0.1, 0.15) is 5.56 Å². The Hall–Kier alpha value is -1.38. The van der Waals surface area contributed by atoms with Crippen molar-refractivity contribution < 1.29 is 8.78 Å². The van der Waals surface area contributed by atoms with Crippen LogP contribution in [-0.2, 0) is 6.42 Å². The second-order valence-electron chi connectivity index (χ2n) is 3.39. The molecule has 0 unspecified atom stereocenters. The number of rotatable bonds is 5. The van der Waals surface area contributed by atoms with Crippen molar-refractivity contribution >= 4 is 5.69 Å². The highest BCUT2D eigenvalue weighted by Gasteiger charge is 2.10. The molecule has 1 aromatic rings. The zero-order valence-corrected chi connectivity index (χ0v) is 8.79. The monoisotopic (exact) mass is 211 g/mol. The summed E-state index contributed by atoms with van der Waals surface area (Å²) in [6, 6.07) is 7.22. The van der Waals surface area contributed by atoms with Crippen LogP contribution in [0.15, 0.2) is 36.9 Å². The fraction of sp³-hybridized carbons (Fsp3) is 0.333. The first kappa shape index (κ1) is 11.7. The van der Waals surface area contributed by atoms with Crippen molar-refractivity contribution in [3.8, 4) is 0 Å². The molecule has 1 nitrogen and oxygen atoms in total. The van der Waals surface area contributed by atoms with Crippen LogP contribution in [0.25, 0.3) is 0 Å². The first-order chi connectivity index (χ1) is 7.15. The average Bonchev–Trinajstić information content (AvgIpc) is 2.18. The lowest BCUT2D eigenvalue weighted by molar-refractivity contribution is 0.149. The first-order valence-electron chi connectivity index (χ1n) is 4.83. The van der Waals surface area contributed by atoms with Gasteiger partial charge in [-0.3, -0.25) is 0 Å². The molecule has 0 aliphatic heterocycles. The zero-order valence-electron chi connectivity index (χ0n) is 8.79. The number of likely N-dealkylation sites (N-methyl/N-ethyl adjacent to an activating group) is 1. The molecular formula is C12H15F2N. The predicted octanol–water partition coefficient (Wildman–Crippen LogP) is 3.12. The second-order valence-corrected chi connectivity index (χ2v) is 3.39. The number of alkyl halides is 2. The molecule has 0 radical (unpaired) electrons. The van der Waals surface area contributed by atoms with Crippen LogP contribution < -0.4 is 4.90 Å². The zero-order chi connectivity index (χ0) is 11.3. The minimum atomic E-state index is -2.30. The maximum absolute atomic E-state index is 12.3. The SMILES string of the molecule is C=CCN(C)c1ccccc1CC(F)F. The summed E-state index contributed by atoms with van der Waals surface area (Å²) in [5.74, 6) is 0. The minimum absolute atomic E-state index is 0.197. The highest BCUT2D eigenvalue weighted by molar-refractivity contribution is 5.53. The number of benzene rings is 1. The van der Waals surface area contributed by atoms with Crippen LogP contribution in [0.5, 0.6) is 0 Å². The maximum Gasteiger partial charge on any atom is 0.242 e. The molecule has 0 atom stereocenters. The van der Waals surface area contributed by atoms with Gasteiger partial charge in [0, 0.05) is 25.7 Å². The van der Waals surface area contributed by atoms with Crippen LogP contribution in [0, 0.1) is 0 Å². The van der Waals surface area contributed by atoms with E-state index in [9.17, 15) is 8.78 Å². The largest absolute Gasteiger partial charge is 0.371 e. The number of para-hydroxylation sites is 1. The summed E-state index contributed by atoms with van der Waals surface area (Å²) in [5, 5.41) is 0. The minimum Gasteiger partial charge on any atom is -0.371 e. The molecule has 3 heteroatoms. The molecule has 0 N–H and O–H groups in total. The van der Waals surface area contributed by atoms with Gasteiger partial charge in [0.05, 0.1) is 0 Å². The average molecular weight is 211 g/mol. The van der Waals surface area contributed by atoms with Gasteiger partial charge in [-0.25, -0.2) is 8.78 Å². The lowest BCUT2D eigenvalue weighted by Crippen LogP contribution is -2.18. The van der Waals surface area contributed by atoms with Gasteiger partial charge in [-0.2, -0.15) is 0 Å². The summed E-state index contributed by atoms with van der Waals surface area (Å²) in [6.45, 7) is 4.28. The van der Waals surface area contributed by atoms with E-state index < -0.39 is 6.43 Å². The third-order valence-electron chi connectivity index (χ3n) is 2.18. The number of anilines is 1. The van der Waals surface area contributed by atoms with E-state index in [1.165, 1.54) is 0 Å². The summed E-state index contributed by atoms with van der Waals surface area (Å²) in [5.41, 5.74) is 1.52. The van der Waals surface area contributed by atoms with Crippen molar-refractivity contribution in [3.05, 3.63) is 42.5 Å². The summed E-state index contributed by atoms with van der Waals surface area (Å²) in [7, 11) is 1.87. The molecule has 0 fully saturated rings. The van der Waals surface area contributed by atoms with Gasteiger partial charge in [-0.05, 0) is 11.6 Å². The molecular weight excluding hydrogens is 196 g/mol. The Labute approximate surface area is 89.0 Å². The van der Waals surface area contributed by atoms with E-state index in [0.29, 0.717) is 12.1 Å². The molecule has 0 spiro atoms. The molecule has 0 saturated heterocycles. The maximum atomic E-state index is 12.3. The fourth-order valence-electron chi connectivity index (χ4n) is 1.51. The molecule has 0 aromatic heterocycles. The van der Waals surface area contributed by atoms with Crippen molar-refractivity contribution in [3.63, 3.8) is 0 Å². The summed E-state index contributed by atoms with van der Waals surface area (Å²) in [4.78, 5) is 1.91. The number of hydrogen-bond donors (Lipinski definition) is 0. The highest BCUT2D eigenvalue weighted by atomic mass is 19.3. The Balaban J connectivity index is 2.89. The Morgan fingerprint density at radius 2 is 2.07 bits per heavy atom. The third-order valence-corrected chi connectivity index (χ3v) is 2.18. The van der Waals surface area contributed by atoms with Gasteiger partial charge in [0.2, 0.25) is 6.43 Å². The Bertz CT molecular complexity index is 323. The van der Waals surface area contributed by atoms with Gasteiger partial charge < -0.3 is 4.90 Å². The van der Waals surface area contributed by atoms with E-state index in [-0.39, 0.29) is 6.42 Å². The Morgan fingerprint density at radius 3 is 2.67 bits per heavy atom. The third kappa shape index (κ3) is 3.35. The lowest BCUT2D eigenvalue weighted by Gasteiger charge is -2.20. The molecule has 0 heterocycles. The van der Waals surface area contributed by atoms with E-state index >= 15 is 0 Å². The molecule has 0 amide bonds. The number of nitrogens with zero attached hydrogens (tertiary/aromatic N) is 1. The molecule has 82 valence electrons. The van der Waals surface area contributed by atoms with Crippen molar-refractivity contribution in [2.24, 2.45) is 0 Å². The van der Waals surface area contributed by atoms with Crippen LogP contribution in [0.4, 0.5) is 14.5 Å². The highest BCUT2D eigenvalue weighted by Crippen LogP contribution is 2.21. The molecule has 0 saturated carbocycles. The van der Waals surface area contributed by atoms with Crippen molar-refractivity contribution in [2.45, 2.75) is 12.8 Å². The smallest absolute Gasteiger partial charge is 0.242 e.